The third-order valence-electron chi connectivity index (χ3n) is 4.01. The van der Waals surface area contributed by atoms with Crippen LogP contribution in [0.1, 0.15) is 29.2 Å². The average molecular weight is 351 g/mol. The van der Waals surface area contributed by atoms with Crippen molar-refractivity contribution < 1.29 is 4.79 Å². The fourth-order valence-electron chi connectivity index (χ4n) is 2.70. The Morgan fingerprint density at radius 3 is 2.36 bits per heavy atom. The van der Waals surface area contributed by atoms with Gasteiger partial charge < -0.3 is 5.32 Å². The van der Waals surface area contributed by atoms with Crippen LogP contribution in [0.25, 0.3) is 0 Å². The number of carbonyl (C=O) groups is 1. The van der Waals surface area contributed by atoms with Gasteiger partial charge in [0.05, 0.1) is 6.04 Å². The Bertz CT molecular complexity index is 804. The highest BCUT2D eigenvalue weighted by Gasteiger charge is 2.16. The summed E-state index contributed by atoms with van der Waals surface area (Å²) in [5, 5.41) is 3.82. The van der Waals surface area contributed by atoms with Crippen molar-refractivity contribution in [3.63, 3.8) is 0 Å². The molecule has 0 aliphatic carbocycles. The first-order chi connectivity index (χ1) is 12.2. The molecule has 0 saturated heterocycles. The number of amides is 1. The van der Waals surface area contributed by atoms with Crippen molar-refractivity contribution in [2.45, 2.75) is 18.9 Å². The molecule has 0 radical (unpaired) electrons. The lowest BCUT2D eigenvalue weighted by Crippen LogP contribution is -2.29. The van der Waals surface area contributed by atoms with Crippen LogP contribution < -0.4 is 5.32 Å². The van der Waals surface area contributed by atoms with E-state index in [0.717, 1.165) is 16.7 Å². The fraction of sp³-hybridized carbons (Fsp3) is 0.143. The number of aryl methyl sites for hydroxylation is 1. The second-order valence-corrected chi connectivity index (χ2v) is 6.26. The first-order valence-corrected chi connectivity index (χ1v) is 8.59. The fourth-order valence-corrected chi connectivity index (χ4v) is 2.82. The quantitative estimate of drug-likeness (QED) is 0.707. The van der Waals surface area contributed by atoms with Crippen LogP contribution in [0.15, 0.2) is 79.1 Å². The van der Waals surface area contributed by atoms with Gasteiger partial charge in [-0.3, -0.25) is 9.78 Å². The molecule has 1 heterocycles. The van der Waals surface area contributed by atoms with Gasteiger partial charge in [0.25, 0.3) is 0 Å². The van der Waals surface area contributed by atoms with Crippen LogP contribution in [0.4, 0.5) is 0 Å². The Kier molecular flexibility index (Phi) is 5.81. The zero-order valence-electron chi connectivity index (χ0n) is 13.7. The molecule has 1 N–H and O–H groups in total. The van der Waals surface area contributed by atoms with E-state index in [2.05, 4.69) is 10.3 Å². The topological polar surface area (TPSA) is 42.0 Å². The Morgan fingerprint density at radius 1 is 0.960 bits per heavy atom. The maximum absolute atomic E-state index is 12.5. The summed E-state index contributed by atoms with van der Waals surface area (Å²) >= 11 is 5.99. The van der Waals surface area contributed by atoms with E-state index >= 15 is 0 Å². The van der Waals surface area contributed by atoms with Gasteiger partial charge in [-0.1, -0.05) is 60.1 Å². The maximum atomic E-state index is 12.5. The molecule has 0 bridgehead atoms. The molecule has 3 rings (SSSR count). The number of aromatic nitrogens is 1. The largest absolute Gasteiger partial charge is 0.345 e. The molecule has 2 aromatic carbocycles. The Morgan fingerprint density at radius 2 is 1.68 bits per heavy atom. The van der Waals surface area contributed by atoms with E-state index < -0.39 is 0 Å². The van der Waals surface area contributed by atoms with Crippen LogP contribution in [0.3, 0.4) is 0 Å². The minimum atomic E-state index is -0.195. The highest BCUT2D eigenvalue weighted by Crippen LogP contribution is 2.23. The smallest absolute Gasteiger partial charge is 0.221 e. The lowest BCUT2D eigenvalue weighted by atomic mass is 9.98. The normalized spacial score (nSPS) is 11.7. The van der Waals surface area contributed by atoms with E-state index in [9.17, 15) is 4.79 Å². The molecule has 1 aromatic heterocycles. The third kappa shape index (κ3) is 4.91. The Hall–Kier alpha value is -2.65. The number of nitrogens with zero attached hydrogens (tertiary/aromatic N) is 1. The summed E-state index contributed by atoms with van der Waals surface area (Å²) in [6, 6.07) is 21.2. The molecule has 25 heavy (non-hydrogen) atoms. The average Bonchev–Trinajstić information content (AvgIpc) is 2.67. The second kappa shape index (κ2) is 8.45. The summed E-state index contributed by atoms with van der Waals surface area (Å²) in [5.41, 5.74) is 3.10. The number of hydrogen-bond donors (Lipinski definition) is 1. The minimum absolute atomic E-state index is 0.00709. The molecule has 0 fully saturated rings. The van der Waals surface area contributed by atoms with Crippen LogP contribution >= 0.6 is 11.6 Å². The first-order valence-electron chi connectivity index (χ1n) is 8.21. The molecule has 1 unspecified atom stereocenters. The lowest BCUT2D eigenvalue weighted by Gasteiger charge is -2.20. The van der Waals surface area contributed by atoms with Gasteiger partial charge in [0, 0.05) is 23.8 Å². The van der Waals surface area contributed by atoms with Crippen molar-refractivity contribution in [1.82, 2.24) is 10.3 Å². The monoisotopic (exact) mass is 350 g/mol. The molecule has 0 aliphatic heterocycles. The molecule has 3 nitrogen and oxygen atoms in total. The Balaban J connectivity index is 1.73. The number of nitrogens with one attached hydrogen (secondary N) is 1. The highest BCUT2D eigenvalue weighted by molar-refractivity contribution is 6.30. The highest BCUT2D eigenvalue weighted by atomic mass is 35.5. The van der Waals surface area contributed by atoms with Crippen LogP contribution in [0.2, 0.25) is 5.02 Å². The molecular formula is C21H19ClN2O. The predicted octanol–water partition coefficient (Wildman–Crippen LogP) is 4.57. The number of carbonyl (C=O) groups excluding carboxylic acids is 1. The molecule has 126 valence electrons. The molecule has 1 amide bonds. The molecule has 0 aliphatic rings. The molecule has 1 atom stereocenters. The van der Waals surface area contributed by atoms with Crippen molar-refractivity contribution >= 4 is 17.5 Å². The number of halogens is 1. The van der Waals surface area contributed by atoms with Crippen molar-refractivity contribution in [2.24, 2.45) is 0 Å². The number of hydrogen-bond acceptors (Lipinski definition) is 2. The standard InChI is InChI=1S/C21H19ClN2O/c22-19-11-9-18(10-12-19)21(17-6-2-1-3-7-17)24-20(25)13-8-16-5-4-14-23-15-16/h1-7,9-12,14-15,21H,8,13H2,(H,24,25). The number of benzene rings is 2. The van der Waals surface area contributed by atoms with Gasteiger partial charge in [-0.05, 0) is 41.3 Å². The van der Waals surface area contributed by atoms with E-state index in [1.807, 2.05) is 66.7 Å². The van der Waals surface area contributed by atoms with E-state index in [0.29, 0.717) is 17.9 Å². The van der Waals surface area contributed by atoms with Gasteiger partial charge in [-0.25, -0.2) is 0 Å². The van der Waals surface area contributed by atoms with E-state index in [4.69, 9.17) is 11.6 Å². The zero-order valence-corrected chi connectivity index (χ0v) is 14.5. The summed E-state index contributed by atoms with van der Waals surface area (Å²) < 4.78 is 0. The van der Waals surface area contributed by atoms with E-state index in [1.54, 1.807) is 12.4 Å². The van der Waals surface area contributed by atoms with Crippen LogP contribution in [0.5, 0.6) is 0 Å². The summed E-state index contributed by atoms with van der Waals surface area (Å²) in [5.74, 6) is 0.00709. The maximum Gasteiger partial charge on any atom is 0.221 e. The van der Waals surface area contributed by atoms with Crippen LogP contribution in [-0.4, -0.2) is 10.9 Å². The van der Waals surface area contributed by atoms with Crippen molar-refractivity contribution in [3.8, 4) is 0 Å². The second-order valence-electron chi connectivity index (χ2n) is 5.82. The van der Waals surface area contributed by atoms with Gasteiger partial charge in [-0.2, -0.15) is 0 Å². The van der Waals surface area contributed by atoms with Crippen molar-refractivity contribution in [3.05, 3.63) is 101 Å². The van der Waals surface area contributed by atoms with Crippen molar-refractivity contribution in [2.75, 3.05) is 0 Å². The van der Waals surface area contributed by atoms with Gasteiger partial charge in [0.1, 0.15) is 0 Å². The molecule has 3 aromatic rings. The summed E-state index contributed by atoms with van der Waals surface area (Å²) in [6.07, 6.45) is 4.61. The van der Waals surface area contributed by atoms with Gasteiger partial charge in [-0.15, -0.1) is 0 Å². The Labute approximate surface area is 152 Å². The first kappa shape index (κ1) is 17.2. The minimum Gasteiger partial charge on any atom is -0.345 e. The lowest BCUT2D eigenvalue weighted by molar-refractivity contribution is -0.121. The van der Waals surface area contributed by atoms with Crippen molar-refractivity contribution in [1.29, 1.82) is 0 Å². The number of rotatable bonds is 6. The van der Waals surface area contributed by atoms with Crippen LogP contribution in [0, 0.1) is 0 Å². The summed E-state index contributed by atoms with van der Waals surface area (Å²) in [7, 11) is 0. The third-order valence-corrected chi connectivity index (χ3v) is 4.26. The predicted molar refractivity (Wildman–Crippen MR) is 100 cm³/mol. The van der Waals surface area contributed by atoms with E-state index in [-0.39, 0.29) is 11.9 Å². The molecule has 0 spiro atoms. The summed E-state index contributed by atoms with van der Waals surface area (Å²) in [4.78, 5) is 16.6. The summed E-state index contributed by atoms with van der Waals surface area (Å²) in [6.45, 7) is 0. The van der Waals surface area contributed by atoms with E-state index in [1.165, 1.54) is 0 Å². The van der Waals surface area contributed by atoms with Gasteiger partial charge in [0.2, 0.25) is 5.91 Å². The number of pyridine rings is 1. The molecule has 4 heteroatoms. The SMILES string of the molecule is O=C(CCc1cccnc1)NC(c1ccccc1)c1ccc(Cl)cc1. The molecule has 0 saturated carbocycles. The zero-order chi connectivity index (χ0) is 17.5. The van der Waals surface area contributed by atoms with Crippen LogP contribution in [-0.2, 0) is 11.2 Å². The van der Waals surface area contributed by atoms with Gasteiger partial charge >= 0.3 is 0 Å². The molecular weight excluding hydrogens is 332 g/mol. The van der Waals surface area contributed by atoms with Gasteiger partial charge in [0.15, 0.2) is 0 Å².